The van der Waals surface area contributed by atoms with Crippen LogP contribution in [-0.4, -0.2) is 12.6 Å². The van der Waals surface area contributed by atoms with Gasteiger partial charge in [0.1, 0.15) is 5.82 Å². The maximum Gasteiger partial charge on any atom is 0.146 e. The molecule has 2 N–H and O–H groups in total. The number of nitrogens with two attached hydrogens (primary N) is 1. The lowest BCUT2D eigenvalue weighted by molar-refractivity contribution is 0.581. The summed E-state index contributed by atoms with van der Waals surface area (Å²) in [5.41, 5.74) is 7.32. The molecule has 0 heterocycles. The average Bonchev–Trinajstić information content (AvgIpc) is 2.35. The van der Waals surface area contributed by atoms with Gasteiger partial charge in [0.25, 0.3) is 0 Å². The van der Waals surface area contributed by atoms with Gasteiger partial charge in [0.05, 0.1) is 5.69 Å². The lowest BCUT2D eigenvalue weighted by atomic mass is 10.1. The van der Waals surface area contributed by atoms with Crippen molar-refractivity contribution >= 4 is 5.69 Å². The molecule has 1 rings (SSSR count). The highest BCUT2D eigenvalue weighted by molar-refractivity contribution is 5.50. The minimum absolute atomic E-state index is 0.129. The maximum absolute atomic E-state index is 14.2. The zero-order valence-corrected chi connectivity index (χ0v) is 12.6. The van der Waals surface area contributed by atoms with E-state index < -0.39 is 0 Å². The molecular formula is C16H27FN2. The van der Waals surface area contributed by atoms with Gasteiger partial charge in [-0.2, -0.15) is 0 Å². The van der Waals surface area contributed by atoms with Gasteiger partial charge in [0.2, 0.25) is 0 Å². The Morgan fingerprint density at radius 3 is 2.37 bits per heavy atom. The van der Waals surface area contributed by atoms with Crippen molar-refractivity contribution in [1.29, 1.82) is 0 Å². The van der Waals surface area contributed by atoms with Crippen LogP contribution >= 0.6 is 0 Å². The molecule has 0 spiro atoms. The third kappa shape index (κ3) is 4.50. The summed E-state index contributed by atoms with van der Waals surface area (Å²) in [5, 5.41) is 0. The van der Waals surface area contributed by atoms with Crippen molar-refractivity contribution in [2.24, 2.45) is 5.73 Å². The molecule has 0 bridgehead atoms. The molecular weight excluding hydrogens is 239 g/mol. The maximum atomic E-state index is 14.2. The minimum Gasteiger partial charge on any atom is -0.367 e. The molecule has 0 aliphatic rings. The molecule has 2 nitrogen and oxygen atoms in total. The second kappa shape index (κ2) is 7.49. The average molecular weight is 266 g/mol. The normalized spacial score (nSPS) is 12.8. The first-order chi connectivity index (χ1) is 8.97. The number of hydrogen-bond acceptors (Lipinski definition) is 2. The summed E-state index contributed by atoms with van der Waals surface area (Å²) < 4.78 is 14.2. The van der Waals surface area contributed by atoms with E-state index in [1.165, 1.54) is 12.8 Å². The fourth-order valence-corrected chi connectivity index (χ4v) is 2.23. The highest BCUT2D eigenvalue weighted by Crippen LogP contribution is 2.25. The molecule has 108 valence electrons. The van der Waals surface area contributed by atoms with E-state index in [1.807, 2.05) is 19.1 Å². The SMILES string of the molecule is CCCCCN(c1ccc([C@@H](C)N)cc1F)C(C)C. The van der Waals surface area contributed by atoms with E-state index in [1.54, 1.807) is 6.07 Å². The molecule has 0 aliphatic heterocycles. The number of hydrogen-bond donors (Lipinski definition) is 1. The van der Waals surface area contributed by atoms with Gasteiger partial charge in [-0.15, -0.1) is 0 Å². The molecule has 0 aliphatic carbocycles. The number of benzene rings is 1. The number of anilines is 1. The van der Waals surface area contributed by atoms with Gasteiger partial charge in [0.15, 0.2) is 0 Å². The van der Waals surface area contributed by atoms with E-state index in [-0.39, 0.29) is 11.9 Å². The summed E-state index contributed by atoms with van der Waals surface area (Å²) in [6, 6.07) is 5.52. The van der Waals surface area contributed by atoms with Crippen LogP contribution in [0, 0.1) is 5.82 Å². The van der Waals surface area contributed by atoms with Crippen molar-refractivity contribution in [3.63, 3.8) is 0 Å². The van der Waals surface area contributed by atoms with Gasteiger partial charge in [-0.3, -0.25) is 0 Å². The second-order valence-corrected chi connectivity index (χ2v) is 5.49. The standard InChI is InChI=1S/C16H27FN2/c1-5-6-7-10-19(12(2)3)16-9-8-14(13(4)18)11-15(16)17/h8-9,11-13H,5-7,10,18H2,1-4H3/t13-/m1/s1. The van der Waals surface area contributed by atoms with Crippen LogP contribution in [0.25, 0.3) is 0 Å². The van der Waals surface area contributed by atoms with E-state index in [2.05, 4.69) is 25.7 Å². The Hall–Kier alpha value is -1.09. The summed E-state index contributed by atoms with van der Waals surface area (Å²) in [6.45, 7) is 9.16. The number of nitrogens with zero attached hydrogens (tertiary/aromatic N) is 1. The topological polar surface area (TPSA) is 29.3 Å². The Labute approximate surface area is 116 Å². The molecule has 0 amide bonds. The zero-order chi connectivity index (χ0) is 14.4. The van der Waals surface area contributed by atoms with Crippen molar-refractivity contribution in [2.45, 2.75) is 59.0 Å². The molecule has 0 fully saturated rings. The van der Waals surface area contributed by atoms with Gasteiger partial charge in [0, 0.05) is 18.6 Å². The van der Waals surface area contributed by atoms with E-state index in [0.717, 1.165) is 18.5 Å². The molecule has 0 saturated carbocycles. The van der Waals surface area contributed by atoms with Gasteiger partial charge in [-0.1, -0.05) is 25.8 Å². The lowest BCUT2D eigenvalue weighted by Gasteiger charge is -2.29. The quantitative estimate of drug-likeness (QED) is 0.747. The highest BCUT2D eigenvalue weighted by Gasteiger charge is 2.15. The van der Waals surface area contributed by atoms with Crippen molar-refractivity contribution in [3.8, 4) is 0 Å². The molecule has 19 heavy (non-hydrogen) atoms. The third-order valence-corrected chi connectivity index (χ3v) is 3.43. The predicted octanol–water partition coefficient (Wildman–Crippen LogP) is 4.25. The first kappa shape index (κ1) is 16.0. The number of halogens is 1. The predicted molar refractivity (Wildman–Crippen MR) is 81.0 cm³/mol. The first-order valence-electron chi connectivity index (χ1n) is 7.29. The Bertz CT molecular complexity index is 388. The number of unbranched alkanes of at least 4 members (excludes halogenated alkanes) is 2. The van der Waals surface area contributed by atoms with Crippen molar-refractivity contribution in [3.05, 3.63) is 29.6 Å². The molecule has 3 heteroatoms. The molecule has 1 aromatic rings. The van der Waals surface area contributed by atoms with Crippen molar-refractivity contribution < 1.29 is 4.39 Å². The Morgan fingerprint density at radius 1 is 1.21 bits per heavy atom. The first-order valence-corrected chi connectivity index (χ1v) is 7.29. The van der Waals surface area contributed by atoms with Crippen LogP contribution in [0.1, 0.15) is 58.6 Å². The minimum atomic E-state index is -0.167. The van der Waals surface area contributed by atoms with Crippen LogP contribution in [0.3, 0.4) is 0 Å². The van der Waals surface area contributed by atoms with Gasteiger partial charge < -0.3 is 10.6 Å². The van der Waals surface area contributed by atoms with Crippen LogP contribution in [0.4, 0.5) is 10.1 Å². The summed E-state index contributed by atoms with van der Waals surface area (Å²) >= 11 is 0. The largest absolute Gasteiger partial charge is 0.367 e. The monoisotopic (exact) mass is 266 g/mol. The van der Waals surface area contributed by atoms with Crippen LogP contribution in [0.2, 0.25) is 0 Å². The Balaban J connectivity index is 2.90. The van der Waals surface area contributed by atoms with E-state index in [9.17, 15) is 4.39 Å². The van der Waals surface area contributed by atoms with Crippen LogP contribution < -0.4 is 10.6 Å². The fraction of sp³-hybridized carbons (Fsp3) is 0.625. The Morgan fingerprint density at radius 2 is 1.89 bits per heavy atom. The fourth-order valence-electron chi connectivity index (χ4n) is 2.23. The van der Waals surface area contributed by atoms with Crippen molar-refractivity contribution in [1.82, 2.24) is 0 Å². The molecule has 0 unspecified atom stereocenters. The van der Waals surface area contributed by atoms with E-state index in [0.29, 0.717) is 11.7 Å². The number of rotatable bonds is 7. The molecule has 0 radical (unpaired) electrons. The van der Waals surface area contributed by atoms with E-state index in [4.69, 9.17) is 5.73 Å². The van der Waals surface area contributed by atoms with Gasteiger partial charge >= 0.3 is 0 Å². The smallest absolute Gasteiger partial charge is 0.146 e. The van der Waals surface area contributed by atoms with Crippen LogP contribution in [0.15, 0.2) is 18.2 Å². The third-order valence-electron chi connectivity index (χ3n) is 3.43. The Kier molecular flexibility index (Phi) is 6.29. The summed E-state index contributed by atoms with van der Waals surface area (Å²) in [5.74, 6) is -0.167. The molecule has 1 aromatic carbocycles. The van der Waals surface area contributed by atoms with Crippen LogP contribution in [-0.2, 0) is 0 Å². The molecule has 0 saturated heterocycles. The van der Waals surface area contributed by atoms with Crippen molar-refractivity contribution in [2.75, 3.05) is 11.4 Å². The lowest BCUT2D eigenvalue weighted by Crippen LogP contribution is -2.32. The zero-order valence-electron chi connectivity index (χ0n) is 12.6. The van der Waals surface area contributed by atoms with Gasteiger partial charge in [-0.05, 0) is 44.9 Å². The van der Waals surface area contributed by atoms with Crippen LogP contribution in [0.5, 0.6) is 0 Å². The summed E-state index contributed by atoms with van der Waals surface area (Å²) in [7, 11) is 0. The second-order valence-electron chi connectivity index (χ2n) is 5.49. The highest BCUT2D eigenvalue weighted by atomic mass is 19.1. The molecule has 0 aromatic heterocycles. The van der Waals surface area contributed by atoms with E-state index >= 15 is 0 Å². The van der Waals surface area contributed by atoms with Gasteiger partial charge in [-0.25, -0.2) is 4.39 Å². The summed E-state index contributed by atoms with van der Waals surface area (Å²) in [4.78, 5) is 2.13. The summed E-state index contributed by atoms with van der Waals surface area (Å²) in [6.07, 6.45) is 3.46. The molecule has 1 atom stereocenters.